The normalized spacial score (nSPS) is 10.9. The summed E-state index contributed by atoms with van der Waals surface area (Å²) in [5.74, 6) is -0.0874. The highest BCUT2D eigenvalue weighted by Gasteiger charge is 2.18. The first-order chi connectivity index (χ1) is 8.04. The molecule has 1 heterocycles. The minimum absolute atomic E-state index is 0.0874. The molecule has 7 heteroatoms. The zero-order valence-electron chi connectivity index (χ0n) is 10.3. The third-order valence-electron chi connectivity index (χ3n) is 2.29. The van der Waals surface area contributed by atoms with E-state index in [-0.39, 0.29) is 5.91 Å². The lowest BCUT2D eigenvalue weighted by Gasteiger charge is -2.20. The van der Waals surface area contributed by atoms with Gasteiger partial charge in [-0.25, -0.2) is 0 Å². The molecule has 0 bridgehead atoms. The Labute approximate surface area is 110 Å². The highest BCUT2D eigenvalue weighted by molar-refractivity contribution is 7.17. The number of carbonyl (C=O) groups excluding carboxylic acids is 1. The summed E-state index contributed by atoms with van der Waals surface area (Å²) in [5, 5.41) is 7.77. The van der Waals surface area contributed by atoms with Gasteiger partial charge in [0.05, 0.1) is 0 Å². The maximum atomic E-state index is 12.0. The summed E-state index contributed by atoms with van der Waals surface area (Å²) in [5.41, 5.74) is 0. The van der Waals surface area contributed by atoms with Crippen LogP contribution < -0.4 is 0 Å². The molecule has 96 valence electrons. The van der Waals surface area contributed by atoms with Gasteiger partial charge in [0.2, 0.25) is 9.47 Å². The number of carbonyl (C=O) groups is 1. The molecule has 0 unspecified atom stereocenters. The van der Waals surface area contributed by atoms with Crippen LogP contribution in [0.1, 0.15) is 23.1 Å². The molecule has 0 aliphatic rings. The first kappa shape index (κ1) is 14.3. The average Bonchev–Trinajstić information content (AvgIpc) is 2.70. The number of amides is 1. The molecule has 1 aromatic heterocycles. The summed E-state index contributed by atoms with van der Waals surface area (Å²) in [4.78, 5) is 15.9. The third kappa shape index (κ3) is 4.57. The van der Waals surface area contributed by atoms with Gasteiger partial charge in [0.25, 0.3) is 5.91 Å². The molecule has 0 radical (unpaired) electrons. The van der Waals surface area contributed by atoms with Crippen molar-refractivity contribution >= 4 is 28.8 Å². The quantitative estimate of drug-likeness (QED) is 0.792. The van der Waals surface area contributed by atoms with E-state index in [1.54, 1.807) is 4.90 Å². The third-order valence-corrected chi connectivity index (χ3v) is 3.29. The first-order valence-corrected chi connectivity index (χ1v) is 6.67. The van der Waals surface area contributed by atoms with Crippen molar-refractivity contribution in [1.82, 2.24) is 20.0 Å². The monoisotopic (exact) mass is 276 g/mol. The summed E-state index contributed by atoms with van der Waals surface area (Å²) in [6.07, 6.45) is 0.944. The molecule has 0 spiro atoms. The number of rotatable bonds is 6. The summed E-state index contributed by atoms with van der Waals surface area (Å²) in [6.45, 7) is 4.31. The molecule has 0 aromatic carbocycles. The van der Waals surface area contributed by atoms with Gasteiger partial charge in [-0.2, -0.15) is 0 Å². The fraction of sp³-hybridized carbons (Fsp3) is 0.700. The van der Waals surface area contributed by atoms with Gasteiger partial charge in [0.1, 0.15) is 0 Å². The van der Waals surface area contributed by atoms with Crippen LogP contribution in [-0.2, 0) is 0 Å². The largest absolute Gasteiger partial charge is 0.337 e. The molecule has 0 N–H and O–H groups in total. The fourth-order valence-corrected chi connectivity index (χ4v) is 2.20. The second-order valence-electron chi connectivity index (χ2n) is 3.90. The van der Waals surface area contributed by atoms with E-state index >= 15 is 0 Å². The SMILES string of the molecule is CCN(CCCN(C)C)C(=O)c1nnc(Cl)s1. The molecule has 0 saturated heterocycles. The van der Waals surface area contributed by atoms with Crippen molar-refractivity contribution < 1.29 is 4.79 Å². The van der Waals surface area contributed by atoms with Crippen LogP contribution in [0, 0.1) is 0 Å². The van der Waals surface area contributed by atoms with Crippen LogP contribution in [0.4, 0.5) is 0 Å². The Morgan fingerprint density at radius 3 is 2.53 bits per heavy atom. The van der Waals surface area contributed by atoms with Crippen molar-refractivity contribution in [3.8, 4) is 0 Å². The summed E-state index contributed by atoms with van der Waals surface area (Å²) < 4.78 is 0.303. The van der Waals surface area contributed by atoms with E-state index < -0.39 is 0 Å². The summed E-state index contributed by atoms with van der Waals surface area (Å²) >= 11 is 6.79. The molecular weight excluding hydrogens is 260 g/mol. The van der Waals surface area contributed by atoms with Crippen molar-refractivity contribution in [3.63, 3.8) is 0 Å². The van der Waals surface area contributed by atoms with Gasteiger partial charge in [-0.15, -0.1) is 10.2 Å². The van der Waals surface area contributed by atoms with E-state index in [1.165, 1.54) is 0 Å². The van der Waals surface area contributed by atoms with E-state index in [4.69, 9.17) is 11.6 Å². The van der Waals surface area contributed by atoms with E-state index in [0.29, 0.717) is 16.0 Å². The van der Waals surface area contributed by atoms with Crippen molar-refractivity contribution in [3.05, 3.63) is 9.47 Å². The molecule has 0 aliphatic carbocycles. The van der Waals surface area contributed by atoms with Gasteiger partial charge in [0, 0.05) is 13.1 Å². The van der Waals surface area contributed by atoms with E-state index in [9.17, 15) is 4.79 Å². The number of aromatic nitrogens is 2. The van der Waals surface area contributed by atoms with Crippen LogP contribution >= 0.6 is 22.9 Å². The number of nitrogens with zero attached hydrogens (tertiary/aromatic N) is 4. The first-order valence-electron chi connectivity index (χ1n) is 5.47. The van der Waals surface area contributed by atoms with Gasteiger partial charge in [-0.3, -0.25) is 4.79 Å². The number of hydrogen-bond acceptors (Lipinski definition) is 5. The second-order valence-corrected chi connectivity index (χ2v) is 5.46. The Morgan fingerprint density at radius 2 is 2.06 bits per heavy atom. The van der Waals surface area contributed by atoms with Crippen molar-refractivity contribution in [1.29, 1.82) is 0 Å². The standard InChI is InChI=1S/C10H17ClN4OS/c1-4-15(7-5-6-14(2)3)9(16)8-12-13-10(11)17-8/h4-7H2,1-3H3. The topological polar surface area (TPSA) is 49.3 Å². The molecule has 0 saturated carbocycles. The molecule has 0 fully saturated rings. The molecule has 5 nitrogen and oxygen atoms in total. The van der Waals surface area contributed by atoms with Gasteiger partial charge >= 0.3 is 0 Å². The lowest BCUT2D eigenvalue weighted by Crippen LogP contribution is -2.33. The van der Waals surface area contributed by atoms with Crippen LogP contribution in [0.15, 0.2) is 0 Å². The molecule has 0 aliphatic heterocycles. The van der Waals surface area contributed by atoms with Gasteiger partial charge < -0.3 is 9.80 Å². The predicted octanol–water partition coefficient (Wildman–Crippen LogP) is 1.61. The second kappa shape index (κ2) is 6.88. The highest BCUT2D eigenvalue weighted by Crippen LogP contribution is 2.16. The van der Waals surface area contributed by atoms with Gasteiger partial charge in [-0.1, -0.05) is 11.3 Å². The minimum Gasteiger partial charge on any atom is -0.337 e. The fourth-order valence-electron chi connectivity index (χ4n) is 1.41. The number of halogens is 1. The van der Waals surface area contributed by atoms with Crippen LogP contribution in [0.25, 0.3) is 0 Å². The summed E-state index contributed by atoms with van der Waals surface area (Å²) in [7, 11) is 4.03. The van der Waals surface area contributed by atoms with Gasteiger partial charge in [-0.05, 0) is 45.6 Å². The van der Waals surface area contributed by atoms with Crippen molar-refractivity contribution in [2.75, 3.05) is 33.7 Å². The van der Waals surface area contributed by atoms with Crippen LogP contribution in [0.3, 0.4) is 0 Å². The Balaban J connectivity index is 2.52. The predicted molar refractivity (Wildman–Crippen MR) is 69.7 cm³/mol. The Hall–Kier alpha value is -0.720. The number of hydrogen-bond donors (Lipinski definition) is 0. The maximum absolute atomic E-state index is 12.0. The zero-order valence-corrected chi connectivity index (χ0v) is 11.9. The molecule has 1 aromatic rings. The van der Waals surface area contributed by atoms with Crippen molar-refractivity contribution in [2.45, 2.75) is 13.3 Å². The zero-order chi connectivity index (χ0) is 12.8. The minimum atomic E-state index is -0.0874. The lowest BCUT2D eigenvalue weighted by atomic mass is 10.3. The Kier molecular flexibility index (Phi) is 5.80. The molecule has 1 rings (SSSR count). The van der Waals surface area contributed by atoms with E-state index in [2.05, 4.69) is 15.1 Å². The van der Waals surface area contributed by atoms with E-state index in [1.807, 2.05) is 21.0 Å². The Bertz CT molecular complexity index is 369. The molecular formula is C10H17ClN4OS. The van der Waals surface area contributed by atoms with Gasteiger partial charge in [0.15, 0.2) is 0 Å². The smallest absolute Gasteiger partial charge is 0.284 e. The maximum Gasteiger partial charge on any atom is 0.284 e. The lowest BCUT2D eigenvalue weighted by molar-refractivity contribution is 0.0758. The summed E-state index contributed by atoms with van der Waals surface area (Å²) in [6, 6.07) is 0. The van der Waals surface area contributed by atoms with Crippen LogP contribution in [-0.4, -0.2) is 59.6 Å². The van der Waals surface area contributed by atoms with Crippen LogP contribution in [0.5, 0.6) is 0 Å². The molecule has 0 atom stereocenters. The highest BCUT2D eigenvalue weighted by atomic mass is 35.5. The van der Waals surface area contributed by atoms with Crippen molar-refractivity contribution in [2.24, 2.45) is 0 Å². The Morgan fingerprint density at radius 1 is 1.35 bits per heavy atom. The molecule has 17 heavy (non-hydrogen) atoms. The molecule has 1 amide bonds. The van der Waals surface area contributed by atoms with E-state index in [0.717, 1.165) is 30.8 Å². The van der Waals surface area contributed by atoms with Crippen LogP contribution in [0.2, 0.25) is 4.47 Å². The average molecular weight is 277 g/mol.